The highest BCUT2D eigenvalue weighted by molar-refractivity contribution is 6.04. The summed E-state index contributed by atoms with van der Waals surface area (Å²) in [6, 6.07) is 16.7. The second kappa shape index (κ2) is 11.1. The molecule has 8 heteroatoms. The summed E-state index contributed by atoms with van der Waals surface area (Å²) < 4.78 is 1.37. The van der Waals surface area contributed by atoms with Crippen molar-refractivity contribution >= 4 is 22.6 Å². The first-order valence-electron chi connectivity index (χ1n) is 11.9. The summed E-state index contributed by atoms with van der Waals surface area (Å²) in [5.41, 5.74) is 0.979. The van der Waals surface area contributed by atoms with Crippen LogP contribution in [0.4, 0.5) is 0 Å². The molecule has 1 aliphatic rings. The molecular formula is C26H31N5O3. The van der Waals surface area contributed by atoms with Crippen LogP contribution in [0.25, 0.3) is 10.8 Å². The van der Waals surface area contributed by atoms with Gasteiger partial charge in [0.15, 0.2) is 5.69 Å². The normalized spacial score (nSPS) is 14.7. The molecule has 0 bridgehead atoms. The van der Waals surface area contributed by atoms with Crippen LogP contribution < -0.4 is 16.2 Å². The van der Waals surface area contributed by atoms with Crippen LogP contribution in [0, 0.1) is 0 Å². The van der Waals surface area contributed by atoms with Crippen LogP contribution in [0.1, 0.15) is 42.2 Å². The van der Waals surface area contributed by atoms with E-state index in [1.165, 1.54) is 4.68 Å². The number of likely N-dealkylation sites (tertiary alicyclic amines) is 1. The number of piperidine rings is 1. The van der Waals surface area contributed by atoms with Gasteiger partial charge in [0.2, 0.25) is 5.91 Å². The lowest BCUT2D eigenvalue weighted by atomic mass is 10.0. The van der Waals surface area contributed by atoms with Gasteiger partial charge in [-0.15, -0.1) is 0 Å². The third-order valence-corrected chi connectivity index (χ3v) is 6.12. The summed E-state index contributed by atoms with van der Waals surface area (Å²) in [6.07, 6.45) is 2.43. The maximum Gasteiger partial charge on any atom is 0.274 e. The molecule has 3 aromatic rings. The summed E-state index contributed by atoms with van der Waals surface area (Å²) in [5.74, 6) is -0.238. The Kier molecular flexibility index (Phi) is 7.69. The fourth-order valence-electron chi connectivity index (χ4n) is 4.28. The fourth-order valence-corrected chi connectivity index (χ4v) is 4.28. The standard InChI is InChI=1S/C26H31N5O3/c1-2-14-27-23(32)18-30-15-12-20(13-16-30)28-25(33)24-21-10-6-7-11-22(21)26(34)31(29-24)17-19-8-4-3-5-9-19/h3-11,20H,2,12-18H2,1H3,(H,27,32)(H,28,33). The first-order valence-corrected chi connectivity index (χ1v) is 11.9. The van der Waals surface area contributed by atoms with Crippen LogP contribution >= 0.6 is 0 Å². The molecule has 0 saturated carbocycles. The van der Waals surface area contributed by atoms with E-state index in [4.69, 9.17) is 0 Å². The van der Waals surface area contributed by atoms with Crippen molar-refractivity contribution in [3.05, 3.63) is 76.2 Å². The van der Waals surface area contributed by atoms with E-state index < -0.39 is 0 Å². The average Bonchev–Trinajstić information content (AvgIpc) is 2.86. The summed E-state index contributed by atoms with van der Waals surface area (Å²) in [6.45, 7) is 4.89. The van der Waals surface area contributed by atoms with Gasteiger partial charge >= 0.3 is 0 Å². The largest absolute Gasteiger partial charge is 0.355 e. The molecule has 0 spiro atoms. The van der Waals surface area contributed by atoms with Crippen molar-refractivity contribution in [1.82, 2.24) is 25.3 Å². The zero-order valence-corrected chi connectivity index (χ0v) is 19.5. The summed E-state index contributed by atoms with van der Waals surface area (Å²) in [7, 11) is 0. The maximum atomic E-state index is 13.3. The second-order valence-electron chi connectivity index (χ2n) is 8.72. The summed E-state index contributed by atoms with van der Waals surface area (Å²) in [5, 5.41) is 11.5. The third-order valence-electron chi connectivity index (χ3n) is 6.12. The van der Waals surface area contributed by atoms with E-state index in [1.54, 1.807) is 18.2 Å². The Bertz CT molecular complexity index is 1200. The molecule has 2 amide bonds. The third kappa shape index (κ3) is 5.69. The fraction of sp³-hybridized carbons (Fsp3) is 0.385. The molecule has 1 saturated heterocycles. The van der Waals surface area contributed by atoms with E-state index in [1.807, 2.05) is 43.3 Å². The van der Waals surface area contributed by atoms with Crippen LogP contribution in [0.3, 0.4) is 0 Å². The molecule has 1 aromatic heterocycles. The molecule has 2 N–H and O–H groups in total. The van der Waals surface area contributed by atoms with Crippen molar-refractivity contribution in [2.45, 2.75) is 38.8 Å². The number of carbonyl (C=O) groups excluding carboxylic acids is 2. The topological polar surface area (TPSA) is 96.3 Å². The van der Waals surface area contributed by atoms with Crippen LogP contribution in [0.15, 0.2) is 59.4 Å². The molecular weight excluding hydrogens is 430 g/mol. The minimum atomic E-state index is -0.280. The Morgan fingerprint density at radius 3 is 2.38 bits per heavy atom. The first-order chi connectivity index (χ1) is 16.5. The van der Waals surface area contributed by atoms with E-state index in [0.717, 1.165) is 37.9 Å². The lowest BCUT2D eigenvalue weighted by Crippen LogP contribution is -2.47. The van der Waals surface area contributed by atoms with Crippen LogP contribution in [-0.2, 0) is 11.3 Å². The average molecular weight is 462 g/mol. The minimum absolute atomic E-state index is 0.00230. The lowest BCUT2D eigenvalue weighted by molar-refractivity contribution is -0.122. The van der Waals surface area contributed by atoms with Gasteiger partial charge in [-0.1, -0.05) is 55.5 Å². The maximum absolute atomic E-state index is 13.3. The summed E-state index contributed by atoms with van der Waals surface area (Å²) in [4.78, 5) is 40.4. The number of benzene rings is 2. The molecule has 4 rings (SSSR count). The number of amides is 2. The molecule has 0 aliphatic carbocycles. The number of carbonyl (C=O) groups is 2. The summed E-state index contributed by atoms with van der Waals surface area (Å²) >= 11 is 0. The highest BCUT2D eigenvalue weighted by atomic mass is 16.2. The smallest absolute Gasteiger partial charge is 0.274 e. The van der Waals surface area contributed by atoms with Gasteiger partial charge in [0, 0.05) is 31.1 Å². The van der Waals surface area contributed by atoms with Gasteiger partial charge < -0.3 is 10.6 Å². The Balaban J connectivity index is 1.47. The van der Waals surface area contributed by atoms with Gasteiger partial charge in [-0.05, 0) is 30.9 Å². The Labute approximate surface area is 199 Å². The van der Waals surface area contributed by atoms with E-state index in [2.05, 4.69) is 20.6 Å². The molecule has 8 nitrogen and oxygen atoms in total. The van der Waals surface area contributed by atoms with E-state index >= 15 is 0 Å². The lowest BCUT2D eigenvalue weighted by Gasteiger charge is -2.31. The highest BCUT2D eigenvalue weighted by Gasteiger charge is 2.24. The molecule has 2 heterocycles. The number of hydrogen-bond donors (Lipinski definition) is 2. The molecule has 0 unspecified atom stereocenters. The van der Waals surface area contributed by atoms with Crippen LogP contribution in [0.2, 0.25) is 0 Å². The van der Waals surface area contributed by atoms with Crippen LogP contribution in [-0.4, -0.2) is 58.7 Å². The van der Waals surface area contributed by atoms with Gasteiger partial charge in [0.25, 0.3) is 11.5 Å². The quantitative estimate of drug-likeness (QED) is 0.536. The van der Waals surface area contributed by atoms with Gasteiger partial charge in [-0.3, -0.25) is 19.3 Å². The number of rotatable bonds is 8. The highest BCUT2D eigenvalue weighted by Crippen LogP contribution is 2.16. The molecule has 2 aromatic carbocycles. The number of fused-ring (bicyclic) bond motifs is 1. The van der Waals surface area contributed by atoms with Crippen molar-refractivity contribution in [2.24, 2.45) is 0 Å². The zero-order valence-electron chi connectivity index (χ0n) is 19.5. The SMILES string of the molecule is CCCNC(=O)CN1CCC(NC(=O)c2nn(Cc3ccccc3)c(=O)c3ccccc23)CC1. The number of nitrogens with zero attached hydrogens (tertiary/aromatic N) is 3. The molecule has 1 fully saturated rings. The number of hydrogen-bond acceptors (Lipinski definition) is 5. The second-order valence-corrected chi connectivity index (χ2v) is 8.72. The van der Waals surface area contributed by atoms with Crippen molar-refractivity contribution in [2.75, 3.05) is 26.2 Å². The minimum Gasteiger partial charge on any atom is -0.355 e. The first kappa shape index (κ1) is 23.6. The number of aromatic nitrogens is 2. The Morgan fingerprint density at radius 2 is 1.68 bits per heavy atom. The van der Waals surface area contributed by atoms with Crippen molar-refractivity contribution in [1.29, 1.82) is 0 Å². The van der Waals surface area contributed by atoms with Crippen LogP contribution in [0.5, 0.6) is 0 Å². The Morgan fingerprint density at radius 1 is 1.00 bits per heavy atom. The zero-order chi connectivity index (χ0) is 23.9. The molecule has 0 radical (unpaired) electrons. The predicted molar refractivity (Wildman–Crippen MR) is 132 cm³/mol. The van der Waals surface area contributed by atoms with Gasteiger partial charge in [0.1, 0.15) is 0 Å². The van der Waals surface area contributed by atoms with Gasteiger partial charge in [0.05, 0.1) is 18.5 Å². The van der Waals surface area contributed by atoms with Crippen molar-refractivity contribution < 1.29 is 9.59 Å². The Hall–Kier alpha value is -3.52. The van der Waals surface area contributed by atoms with E-state index in [0.29, 0.717) is 30.4 Å². The van der Waals surface area contributed by atoms with E-state index in [9.17, 15) is 14.4 Å². The van der Waals surface area contributed by atoms with Crippen molar-refractivity contribution in [3.63, 3.8) is 0 Å². The van der Waals surface area contributed by atoms with Gasteiger partial charge in [-0.2, -0.15) is 5.10 Å². The molecule has 1 aliphatic heterocycles. The monoisotopic (exact) mass is 461 g/mol. The predicted octanol–water partition coefficient (Wildman–Crippen LogP) is 2.17. The van der Waals surface area contributed by atoms with Crippen molar-refractivity contribution in [3.8, 4) is 0 Å². The van der Waals surface area contributed by atoms with Gasteiger partial charge in [-0.25, -0.2) is 4.68 Å². The molecule has 178 valence electrons. The number of nitrogens with one attached hydrogen (secondary N) is 2. The molecule has 0 atom stereocenters. The van der Waals surface area contributed by atoms with E-state index in [-0.39, 0.29) is 29.1 Å². The molecule has 34 heavy (non-hydrogen) atoms.